The van der Waals surface area contributed by atoms with Crippen LogP contribution in [0.1, 0.15) is 0 Å². The van der Waals surface area contributed by atoms with Gasteiger partial charge in [0.05, 0.1) is 59.1 Å². The molecule has 220 valence electrons. The number of carbonyl (C=O) groups is 1. The summed E-state index contributed by atoms with van der Waals surface area (Å²) in [5, 5.41) is 12.2. The van der Waals surface area contributed by atoms with Crippen LogP contribution in [-0.4, -0.2) is 69.5 Å². The molecule has 1 aromatic heterocycles. The molecular formula is C29H29ClN4O7S. The normalized spacial score (nSPS) is 10.5. The average molecular weight is 613 g/mol. The lowest BCUT2D eigenvalue weighted by Gasteiger charge is -2.14. The Hall–Kier alpha value is -4.42. The highest BCUT2D eigenvalue weighted by molar-refractivity contribution is 7.99. The third-order valence-corrected chi connectivity index (χ3v) is 7.19. The van der Waals surface area contributed by atoms with E-state index in [9.17, 15) is 4.79 Å². The van der Waals surface area contributed by atoms with Crippen LogP contribution in [0.3, 0.4) is 0 Å². The SMILES string of the molecule is COc1cc(OC)c(NC(=O)CSc2nnc(-c3ccc(OC)c(OC)c3)c(-c3ccc(OC)c(OC)c3)n2)cc1Cl. The van der Waals surface area contributed by atoms with Gasteiger partial charge in [-0.1, -0.05) is 23.4 Å². The maximum absolute atomic E-state index is 12.9. The standard InChI is InChI=1S/C29H29ClN4O7S/c1-36-20-9-7-16(11-24(20)40-5)27-28(17-8-10-21(37-2)25(12-17)41-6)33-34-29(32-27)42-15-26(35)31-19-13-18(30)22(38-3)14-23(19)39-4/h7-14H,15H2,1-6H3,(H,31,35). The van der Waals surface area contributed by atoms with Crippen LogP contribution in [0.5, 0.6) is 34.5 Å². The number of aromatic nitrogens is 3. The van der Waals surface area contributed by atoms with Gasteiger partial charge in [-0.3, -0.25) is 4.79 Å². The molecule has 0 aliphatic carbocycles. The van der Waals surface area contributed by atoms with Crippen molar-refractivity contribution >= 4 is 35.0 Å². The summed E-state index contributed by atoms with van der Waals surface area (Å²) in [4.78, 5) is 17.6. The van der Waals surface area contributed by atoms with E-state index in [0.29, 0.717) is 72.9 Å². The third-order valence-electron chi connectivity index (χ3n) is 6.06. The maximum Gasteiger partial charge on any atom is 0.234 e. The lowest BCUT2D eigenvalue weighted by molar-refractivity contribution is -0.113. The van der Waals surface area contributed by atoms with Crippen molar-refractivity contribution in [2.24, 2.45) is 0 Å². The third kappa shape index (κ3) is 6.72. The predicted molar refractivity (Wildman–Crippen MR) is 161 cm³/mol. The van der Waals surface area contributed by atoms with Gasteiger partial charge >= 0.3 is 0 Å². The number of amides is 1. The van der Waals surface area contributed by atoms with Crippen molar-refractivity contribution in [3.05, 3.63) is 53.6 Å². The van der Waals surface area contributed by atoms with E-state index in [1.165, 1.54) is 14.2 Å². The Kier molecular flexibility index (Phi) is 10.2. The van der Waals surface area contributed by atoms with Crippen LogP contribution in [0.2, 0.25) is 5.02 Å². The quantitative estimate of drug-likeness (QED) is 0.200. The molecular weight excluding hydrogens is 584 g/mol. The molecule has 4 rings (SSSR count). The number of halogens is 1. The van der Waals surface area contributed by atoms with E-state index in [4.69, 9.17) is 45.0 Å². The number of nitrogens with one attached hydrogen (secondary N) is 1. The van der Waals surface area contributed by atoms with Crippen molar-refractivity contribution in [2.45, 2.75) is 5.16 Å². The Bertz CT molecular complexity index is 1590. The summed E-state index contributed by atoms with van der Waals surface area (Å²) < 4.78 is 32.3. The number of ether oxygens (including phenoxy) is 6. The first-order valence-corrected chi connectivity index (χ1v) is 13.8. The highest BCUT2D eigenvalue weighted by Crippen LogP contribution is 2.39. The van der Waals surface area contributed by atoms with E-state index in [1.54, 1.807) is 64.8 Å². The number of rotatable bonds is 12. The second kappa shape index (κ2) is 14.0. The first kappa shape index (κ1) is 30.5. The van der Waals surface area contributed by atoms with Crippen molar-refractivity contribution in [1.82, 2.24) is 15.2 Å². The fourth-order valence-corrected chi connectivity index (χ4v) is 4.84. The Morgan fingerprint density at radius 1 is 0.690 bits per heavy atom. The van der Waals surface area contributed by atoms with Crippen molar-refractivity contribution in [2.75, 3.05) is 53.7 Å². The second-order valence-electron chi connectivity index (χ2n) is 8.46. The summed E-state index contributed by atoms with van der Waals surface area (Å²) in [6.45, 7) is 0. The zero-order chi connectivity index (χ0) is 30.2. The van der Waals surface area contributed by atoms with Gasteiger partial charge in [-0.15, -0.1) is 10.2 Å². The van der Waals surface area contributed by atoms with Crippen LogP contribution < -0.4 is 33.7 Å². The first-order chi connectivity index (χ1) is 20.3. The van der Waals surface area contributed by atoms with Gasteiger partial charge in [0.1, 0.15) is 22.9 Å². The highest BCUT2D eigenvalue weighted by Gasteiger charge is 2.19. The fraction of sp³-hybridized carbons (Fsp3) is 0.241. The van der Waals surface area contributed by atoms with Gasteiger partial charge in [-0.05, 0) is 42.5 Å². The summed E-state index contributed by atoms with van der Waals surface area (Å²) in [6.07, 6.45) is 0. The molecule has 0 aliphatic rings. The Labute approximate surface area is 252 Å². The molecule has 0 fully saturated rings. The zero-order valence-electron chi connectivity index (χ0n) is 23.8. The van der Waals surface area contributed by atoms with Gasteiger partial charge in [0, 0.05) is 17.2 Å². The van der Waals surface area contributed by atoms with Crippen LogP contribution in [0.25, 0.3) is 22.5 Å². The highest BCUT2D eigenvalue weighted by atomic mass is 35.5. The number of thioether (sulfide) groups is 1. The number of nitrogens with zero attached hydrogens (tertiary/aromatic N) is 3. The minimum atomic E-state index is -0.320. The molecule has 3 aromatic carbocycles. The molecule has 0 saturated carbocycles. The molecule has 0 aliphatic heterocycles. The minimum absolute atomic E-state index is 0.00440. The van der Waals surface area contributed by atoms with Crippen LogP contribution in [0.4, 0.5) is 5.69 Å². The van der Waals surface area contributed by atoms with E-state index in [-0.39, 0.29) is 11.7 Å². The molecule has 13 heteroatoms. The Morgan fingerprint density at radius 3 is 1.79 bits per heavy atom. The van der Waals surface area contributed by atoms with Crippen LogP contribution in [-0.2, 0) is 4.79 Å². The van der Waals surface area contributed by atoms with E-state index in [1.807, 2.05) is 12.1 Å². The zero-order valence-corrected chi connectivity index (χ0v) is 25.4. The monoisotopic (exact) mass is 612 g/mol. The fourth-order valence-electron chi connectivity index (χ4n) is 4.01. The van der Waals surface area contributed by atoms with E-state index >= 15 is 0 Å². The summed E-state index contributed by atoms with van der Waals surface area (Å²) in [5.41, 5.74) is 2.83. The van der Waals surface area contributed by atoms with Gasteiger partial charge in [0.2, 0.25) is 11.1 Å². The van der Waals surface area contributed by atoms with Crippen molar-refractivity contribution < 1.29 is 33.2 Å². The summed E-state index contributed by atoms with van der Waals surface area (Å²) in [5.74, 6) is 2.70. The predicted octanol–water partition coefficient (Wildman–Crippen LogP) is 5.64. The summed E-state index contributed by atoms with van der Waals surface area (Å²) in [6, 6.07) is 14.0. The van der Waals surface area contributed by atoms with Crippen LogP contribution in [0, 0.1) is 0 Å². The first-order valence-electron chi connectivity index (χ1n) is 12.4. The average Bonchev–Trinajstić information content (AvgIpc) is 3.03. The lowest BCUT2D eigenvalue weighted by atomic mass is 10.0. The minimum Gasteiger partial charge on any atom is -0.495 e. The number of hydrogen-bond donors (Lipinski definition) is 1. The Morgan fingerprint density at radius 2 is 1.24 bits per heavy atom. The molecule has 0 saturated heterocycles. The van der Waals surface area contributed by atoms with Gasteiger partial charge < -0.3 is 33.7 Å². The Balaban J connectivity index is 1.66. The topological polar surface area (TPSA) is 123 Å². The maximum atomic E-state index is 12.9. The second-order valence-corrected chi connectivity index (χ2v) is 9.80. The molecule has 1 heterocycles. The smallest absolute Gasteiger partial charge is 0.234 e. The van der Waals surface area contributed by atoms with Gasteiger partial charge in [-0.2, -0.15) is 0 Å². The number of methoxy groups -OCH3 is 6. The molecule has 4 aromatic rings. The van der Waals surface area contributed by atoms with E-state index in [2.05, 4.69) is 15.5 Å². The molecule has 0 unspecified atom stereocenters. The number of hydrogen-bond acceptors (Lipinski definition) is 11. The van der Waals surface area contributed by atoms with Crippen molar-refractivity contribution in [1.29, 1.82) is 0 Å². The molecule has 0 radical (unpaired) electrons. The van der Waals surface area contributed by atoms with E-state index < -0.39 is 0 Å². The summed E-state index contributed by atoms with van der Waals surface area (Å²) in [7, 11) is 9.23. The molecule has 1 amide bonds. The molecule has 42 heavy (non-hydrogen) atoms. The number of benzene rings is 3. The van der Waals surface area contributed by atoms with E-state index in [0.717, 1.165) is 11.8 Å². The molecule has 1 N–H and O–H groups in total. The number of anilines is 1. The van der Waals surface area contributed by atoms with Gasteiger partial charge in [0.25, 0.3) is 0 Å². The van der Waals surface area contributed by atoms with Crippen LogP contribution in [0.15, 0.2) is 53.7 Å². The molecule has 0 spiro atoms. The van der Waals surface area contributed by atoms with Gasteiger partial charge in [-0.25, -0.2) is 4.98 Å². The molecule has 11 nitrogen and oxygen atoms in total. The largest absolute Gasteiger partial charge is 0.495 e. The summed E-state index contributed by atoms with van der Waals surface area (Å²) >= 11 is 7.36. The van der Waals surface area contributed by atoms with Crippen molar-refractivity contribution in [3.63, 3.8) is 0 Å². The van der Waals surface area contributed by atoms with Gasteiger partial charge in [0.15, 0.2) is 23.0 Å². The lowest BCUT2D eigenvalue weighted by Crippen LogP contribution is -2.15. The van der Waals surface area contributed by atoms with Crippen molar-refractivity contribution in [3.8, 4) is 57.0 Å². The van der Waals surface area contributed by atoms with Crippen LogP contribution >= 0.6 is 23.4 Å². The molecule has 0 bridgehead atoms. The number of carbonyl (C=O) groups excluding carboxylic acids is 1. The molecule has 0 atom stereocenters.